The van der Waals surface area contributed by atoms with E-state index in [1.54, 1.807) is 4.90 Å². The molecule has 8 heteroatoms. The Labute approximate surface area is 138 Å². The van der Waals surface area contributed by atoms with Crippen LogP contribution in [-0.4, -0.2) is 48.3 Å². The van der Waals surface area contributed by atoms with E-state index in [4.69, 9.17) is 21.1 Å². The molecule has 7 nitrogen and oxygen atoms in total. The SMILES string of the molecule is O=C(c1ccc([N+](=O)[O-])cc1Cl)N1CCC(C2OCCO2)CC1. The van der Waals surface area contributed by atoms with Crippen LogP contribution in [0.25, 0.3) is 0 Å². The van der Waals surface area contributed by atoms with E-state index in [-0.39, 0.29) is 22.9 Å². The molecule has 2 aliphatic rings. The van der Waals surface area contributed by atoms with E-state index in [1.807, 2.05) is 0 Å². The van der Waals surface area contributed by atoms with Crippen molar-refractivity contribution in [1.29, 1.82) is 0 Å². The highest BCUT2D eigenvalue weighted by molar-refractivity contribution is 6.34. The number of non-ortho nitro benzene ring substituents is 1. The number of hydrogen-bond donors (Lipinski definition) is 0. The van der Waals surface area contributed by atoms with Gasteiger partial charge in [-0.2, -0.15) is 0 Å². The van der Waals surface area contributed by atoms with Crippen molar-refractivity contribution in [3.63, 3.8) is 0 Å². The van der Waals surface area contributed by atoms with Gasteiger partial charge in [0, 0.05) is 31.1 Å². The average Bonchev–Trinajstić information content (AvgIpc) is 3.08. The fourth-order valence-electron chi connectivity index (χ4n) is 2.98. The second-order valence-corrected chi connectivity index (χ2v) is 6.07. The molecule has 2 heterocycles. The summed E-state index contributed by atoms with van der Waals surface area (Å²) in [6.45, 7) is 2.45. The fraction of sp³-hybridized carbons (Fsp3) is 0.533. The van der Waals surface area contributed by atoms with E-state index in [1.165, 1.54) is 18.2 Å². The first-order valence-corrected chi connectivity index (χ1v) is 7.90. The summed E-state index contributed by atoms with van der Waals surface area (Å²) in [7, 11) is 0. The minimum atomic E-state index is -0.534. The summed E-state index contributed by atoms with van der Waals surface area (Å²) in [4.78, 5) is 24.5. The van der Waals surface area contributed by atoms with Crippen LogP contribution in [0.15, 0.2) is 18.2 Å². The van der Waals surface area contributed by atoms with Gasteiger partial charge in [0.25, 0.3) is 11.6 Å². The van der Waals surface area contributed by atoms with Crippen molar-refractivity contribution in [3.05, 3.63) is 38.9 Å². The summed E-state index contributed by atoms with van der Waals surface area (Å²) in [5.41, 5.74) is 0.171. The lowest BCUT2D eigenvalue weighted by molar-refractivity contribution is -0.384. The van der Waals surface area contributed by atoms with E-state index in [2.05, 4.69) is 0 Å². The zero-order valence-corrected chi connectivity index (χ0v) is 13.2. The predicted molar refractivity (Wildman–Crippen MR) is 82.4 cm³/mol. The van der Waals surface area contributed by atoms with Crippen LogP contribution in [0.3, 0.4) is 0 Å². The van der Waals surface area contributed by atoms with Gasteiger partial charge < -0.3 is 14.4 Å². The summed E-state index contributed by atoms with van der Waals surface area (Å²) < 4.78 is 11.0. The van der Waals surface area contributed by atoms with Crippen molar-refractivity contribution >= 4 is 23.2 Å². The Balaban J connectivity index is 1.64. The predicted octanol–water partition coefficient (Wildman–Crippen LogP) is 2.47. The Bertz CT molecular complexity index is 610. The minimum Gasteiger partial charge on any atom is -0.350 e. The van der Waals surface area contributed by atoms with E-state index >= 15 is 0 Å². The first-order valence-electron chi connectivity index (χ1n) is 7.52. The van der Waals surface area contributed by atoms with E-state index in [0.29, 0.717) is 37.8 Å². The molecule has 3 rings (SSSR count). The molecule has 1 aromatic rings. The van der Waals surface area contributed by atoms with Gasteiger partial charge >= 0.3 is 0 Å². The number of benzene rings is 1. The lowest BCUT2D eigenvalue weighted by Crippen LogP contribution is -2.41. The van der Waals surface area contributed by atoms with Crippen molar-refractivity contribution in [1.82, 2.24) is 4.90 Å². The van der Waals surface area contributed by atoms with Crippen molar-refractivity contribution in [2.45, 2.75) is 19.1 Å². The van der Waals surface area contributed by atoms with Gasteiger partial charge in [0.1, 0.15) is 0 Å². The van der Waals surface area contributed by atoms with Gasteiger partial charge in [-0.15, -0.1) is 0 Å². The first-order chi connectivity index (χ1) is 11.1. The first kappa shape index (κ1) is 16.2. The number of nitro groups is 1. The number of piperidine rings is 1. The molecule has 0 N–H and O–H groups in total. The minimum absolute atomic E-state index is 0.105. The molecule has 0 aromatic heterocycles. The topological polar surface area (TPSA) is 81.9 Å². The molecular formula is C15H17ClN2O5. The largest absolute Gasteiger partial charge is 0.350 e. The number of amides is 1. The molecule has 2 saturated heterocycles. The summed E-state index contributed by atoms with van der Waals surface area (Å²) >= 11 is 6.03. The number of nitrogens with zero attached hydrogens (tertiary/aromatic N) is 2. The number of rotatable bonds is 3. The van der Waals surface area contributed by atoms with E-state index in [0.717, 1.165) is 12.8 Å². The van der Waals surface area contributed by atoms with E-state index < -0.39 is 4.92 Å². The number of ether oxygens (including phenoxy) is 2. The van der Waals surface area contributed by atoms with Gasteiger partial charge in [-0.1, -0.05) is 11.6 Å². The normalized spacial score (nSPS) is 20.0. The molecule has 23 heavy (non-hydrogen) atoms. The molecule has 0 aliphatic carbocycles. The van der Waals surface area contributed by atoms with Crippen LogP contribution in [0.4, 0.5) is 5.69 Å². The second-order valence-electron chi connectivity index (χ2n) is 5.66. The molecule has 1 aromatic carbocycles. The number of likely N-dealkylation sites (tertiary alicyclic amines) is 1. The Morgan fingerprint density at radius 3 is 2.48 bits per heavy atom. The average molecular weight is 341 g/mol. The zero-order chi connectivity index (χ0) is 16.4. The Hall–Kier alpha value is -1.70. The monoisotopic (exact) mass is 340 g/mol. The summed E-state index contributed by atoms with van der Waals surface area (Å²) in [5.74, 6) is 0.102. The number of nitro benzene ring substituents is 1. The fourth-order valence-corrected chi connectivity index (χ4v) is 3.24. The van der Waals surface area contributed by atoms with Gasteiger partial charge in [0.15, 0.2) is 6.29 Å². The molecule has 0 bridgehead atoms. The van der Waals surface area contributed by atoms with E-state index in [9.17, 15) is 14.9 Å². The quantitative estimate of drug-likeness (QED) is 0.623. The maximum absolute atomic E-state index is 12.5. The number of hydrogen-bond acceptors (Lipinski definition) is 5. The smallest absolute Gasteiger partial charge is 0.270 e. The van der Waals surface area contributed by atoms with Crippen molar-refractivity contribution in [2.75, 3.05) is 26.3 Å². The molecule has 0 spiro atoms. The molecule has 0 radical (unpaired) electrons. The van der Waals surface area contributed by atoms with Crippen LogP contribution in [0.1, 0.15) is 23.2 Å². The Morgan fingerprint density at radius 1 is 1.26 bits per heavy atom. The summed E-state index contributed by atoms with van der Waals surface area (Å²) in [6, 6.07) is 3.92. The number of carbonyl (C=O) groups is 1. The van der Waals surface area contributed by atoms with Crippen molar-refractivity contribution < 1.29 is 19.2 Å². The van der Waals surface area contributed by atoms with Crippen LogP contribution < -0.4 is 0 Å². The van der Waals surface area contributed by atoms with Crippen molar-refractivity contribution in [2.24, 2.45) is 5.92 Å². The maximum atomic E-state index is 12.5. The molecule has 2 fully saturated rings. The molecule has 124 valence electrons. The standard InChI is InChI=1S/C15H17ClN2O5/c16-13-9-11(18(20)21)1-2-12(13)14(19)17-5-3-10(4-6-17)15-22-7-8-23-15/h1-2,9-10,15H,3-8H2. The third-order valence-electron chi connectivity index (χ3n) is 4.25. The molecule has 1 amide bonds. The summed E-state index contributed by atoms with van der Waals surface area (Å²) in [6.07, 6.45) is 1.46. The third-order valence-corrected chi connectivity index (χ3v) is 4.57. The highest BCUT2D eigenvalue weighted by Crippen LogP contribution is 2.28. The van der Waals surface area contributed by atoms with Gasteiger partial charge in [0.2, 0.25) is 0 Å². The van der Waals surface area contributed by atoms with Gasteiger partial charge in [-0.3, -0.25) is 14.9 Å². The Kier molecular flexibility index (Phi) is 4.79. The second kappa shape index (κ2) is 6.82. The van der Waals surface area contributed by atoms with Crippen LogP contribution in [0.2, 0.25) is 5.02 Å². The molecule has 0 unspecified atom stereocenters. The Morgan fingerprint density at radius 2 is 1.91 bits per heavy atom. The van der Waals surface area contributed by atoms with Crippen LogP contribution in [0, 0.1) is 16.0 Å². The highest BCUT2D eigenvalue weighted by Gasteiger charge is 2.32. The summed E-state index contributed by atoms with van der Waals surface area (Å²) in [5, 5.41) is 10.8. The number of halogens is 1. The van der Waals surface area contributed by atoms with Crippen LogP contribution in [-0.2, 0) is 9.47 Å². The third kappa shape index (κ3) is 3.46. The molecule has 2 aliphatic heterocycles. The number of carbonyl (C=O) groups excluding carboxylic acids is 1. The van der Waals surface area contributed by atoms with Crippen LogP contribution in [0.5, 0.6) is 0 Å². The lowest BCUT2D eigenvalue weighted by atomic mass is 9.95. The molecule has 0 atom stereocenters. The zero-order valence-electron chi connectivity index (χ0n) is 12.4. The lowest BCUT2D eigenvalue weighted by Gasteiger charge is -2.34. The molecule has 0 saturated carbocycles. The highest BCUT2D eigenvalue weighted by atomic mass is 35.5. The van der Waals surface area contributed by atoms with Crippen LogP contribution >= 0.6 is 11.6 Å². The van der Waals surface area contributed by atoms with Gasteiger partial charge in [0.05, 0.1) is 28.7 Å². The van der Waals surface area contributed by atoms with Gasteiger partial charge in [-0.25, -0.2) is 0 Å². The maximum Gasteiger partial charge on any atom is 0.270 e. The van der Waals surface area contributed by atoms with Gasteiger partial charge in [-0.05, 0) is 18.9 Å². The van der Waals surface area contributed by atoms with Crippen molar-refractivity contribution in [3.8, 4) is 0 Å². The molecular weight excluding hydrogens is 324 g/mol.